The van der Waals surface area contributed by atoms with Gasteiger partial charge in [0, 0.05) is 49.1 Å². The molecule has 0 spiro atoms. The third kappa shape index (κ3) is 2.83. The van der Waals surface area contributed by atoms with Crippen LogP contribution in [0.1, 0.15) is 12.8 Å². The Labute approximate surface area is 140 Å². The second-order valence-electron chi connectivity index (χ2n) is 6.17. The van der Waals surface area contributed by atoms with Gasteiger partial charge in [0.15, 0.2) is 5.65 Å². The Kier molecular flexibility index (Phi) is 4.32. The van der Waals surface area contributed by atoms with Crippen molar-refractivity contribution in [3.63, 3.8) is 0 Å². The number of rotatable bonds is 5. The fraction of sp³-hybridized carbons (Fsp3) is 0.444. The number of H-pyrrole nitrogens is 1. The lowest BCUT2D eigenvalue weighted by atomic mass is 10.1. The van der Waals surface area contributed by atoms with Gasteiger partial charge in [-0.2, -0.15) is 0 Å². The van der Waals surface area contributed by atoms with E-state index in [9.17, 15) is 0 Å². The van der Waals surface area contributed by atoms with E-state index < -0.39 is 0 Å². The van der Waals surface area contributed by atoms with Crippen LogP contribution in [0.3, 0.4) is 0 Å². The summed E-state index contributed by atoms with van der Waals surface area (Å²) in [5.74, 6) is 0. The molecule has 0 aliphatic carbocycles. The molecule has 1 fully saturated rings. The van der Waals surface area contributed by atoms with E-state index in [0.717, 1.165) is 42.5 Å². The maximum Gasteiger partial charge on any atom is 0.159 e. The molecule has 1 saturated heterocycles. The number of anilines is 1. The molecule has 3 aromatic rings. The van der Waals surface area contributed by atoms with Crippen LogP contribution in [-0.4, -0.2) is 54.5 Å². The molecule has 6 nitrogen and oxygen atoms in total. The van der Waals surface area contributed by atoms with Gasteiger partial charge in [-0.3, -0.25) is 0 Å². The molecule has 0 aromatic carbocycles. The predicted molar refractivity (Wildman–Crippen MR) is 94.5 cm³/mol. The SMILES string of the molecule is COCCOC1CCCN(c2cc[nH]c3cnc4nccc4c23)C1. The lowest BCUT2D eigenvalue weighted by Gasteiger charge is -2.35. The Morgan fingerprint density at radius 1 is 1.29 bits per heavy atom. The zero-order valence-corrected chi connectivity index (χ0v) is 13.9. The van der Waals surface area contributed by atoms with Crippen LogP contribution in [0.5, 0.6) is 0 Å². The van der Waals surface area contributed by atoms with Crippen LogP contribution in [0.4, 0.5) is 5.69 Å². The molecule has 4 rings (SSSR count). The Morgan fingerprint density at radius 2 is 2.25 bits per heavy atom. The number of fused-ring (bicyclic) bond motifs is 3. The Bertz CT molecular complexity index is 832. The summed E-state index contributed by atoms with van der Waals surface area (Å²) in [4.78, 5) is 14.5. The van der Waals surface area contributed by atoms with Crippen LogP contribution in [0, 0.1) is 0 Å². The molecular weight excluding hydrogens is 304 g/mol. The van der Waals surface area contributed by atoms with Gasteiger partial charge >= 0.3 is 0 Å². The number of nitrogens with zero attached hydrogens (tertiary/aromatic N) is 3. The van der Waals surface area contributed by atoms with Gasteiger partial charge in [-0.15, -0.1) is 0 Å². The highest BCUT2D eigenvalue weighted by Gasteiger charge is 2.22. The van der Waals surface area contributed by atoms with Crippen molar-refractivity contribution in [2.75, 3.05) is 38.3 Å². The second kappa shape index (κ2) is 6.75. The van der Waals surface area contributed by atoms with Crippen molar-refractivity contribution in [1.29, 1.82) is 0 Å². The lowest BCUT2D eigenvalue weighted by molar-refractivity contribution is 0.0111. The van der Waals surface area contributed by atoms with Gasteiger partial charge in [0.1, 0.15) is 0 Å². The van der Waals surface area contributed by atoms with Crippen LogP contribution in [0.25, 0.3) is 21.9 Å². The topological polar surface area (TPSA) is 63.3 Å². The molecule has 0 radical (unpaired) electrons. The van der Waals surface area contributed by atoms with E-state index in [2.05, 4.69) is 25.9 Å². The van der Waals surface area contributed by atoms with Crippen molar-refractivity contribution >= 4 is 27.6 Å². The van der Waals surface area contributed by atoms with Gasteiger partial charge in [-0.05, 0) is 25.0 Å². The Morgan fingerprint density at radius 3 is 3.17 bits per heavy atom. The lowest BCUT2D eigenvalue weighted by Crippen LogP contribution is -2.40. The summed E-state index contributed by atoms with van der Waals surface area (Å²) in [6, 6.07) is 4.19. The molecule has 3 aromatic heterocycles. The number of pyridine rings is 2. The van der Waals surface area contributed by atoms with Crippen molar-refractivity contribution < 1.29 is 9.47 Å². The first-order chi connectivity index (χ1) is 11.9. The monoisotopic (exact) mass is 326 g/mol. The molecule has 1 N–H and O–H groups in total. The molecule has 24 heavy (non-hydrogen) atoms. The van der Waals surface area contributed by atoms with E-state index in [4.69, 9.17) is 9.47 Å². The van der Waals surface area contributed by atoms with E-state index in [1.165, 1.54) is 11.1 Å². The molecular formula is C18H22N4O2. The van der Waals surface area contributed by atoms with Gasteiger partial charge in [0.05, 0.1) is 31.0 Å². The number of aromatic nitrogens is 3. The number of hydrogen-bond donors (Lipinski definition) is 1. The number of hydrogen-bond acceptors (Lipinski definition) is 5. The average Bonchev–Trinajstić information content (AvgIpc) is 3.11. The van der Waals surface area contributed by atoms with E-state index in [-0.39, 0.29) is 6.10 Å². The standard InChI is InChI=1S/C18H22N4O2/c1-23-9-10-24-13-3-2-8-22(12-13)16-5-7-19-15-11-21-18-14(17(15)16)4-6-20-18/h4-7,11,13,19H,2-3,8-10,12H2,1H3. The van der Waals surface area contributed by atoms with Crippen LogP contribution < -0.4 is 4.90 Å². The van der Waals surface area contributed by atoms with Gasteiger partial charge < -0.3 is 19.4 Å². The van der Waals surface area contributed by atoms with Gasteiger partial charge in [-0.25, -0.2) is 9.97 Å². The summed E-state index contributed by atoms with van der Waals surface area (Å²) >= 11 is 0. The summed E-state index contributed by atoms with van der Waals surface area (Å²) < 4.78 is 11.0. The molecule has 0 bridgehead atoms. The van der Waals surface area contributed by atoms with Crippen LogP contribution in [0.2, 0.25) is 0 Å². The van der Waals surface area contributed by atoms with Gasteiger partial charge in [0.2, 0.25) is 0 Å². The number of aromatic amines is 1. The summed E-state index contributed by atoms with van der Waals surface area (Å²) in [6.07, 6.45) is 8.16. The fourth-order valence-corrected chi connectivity index (χ4v) is 3.49. The number of piperidine rings is 1. The van der Waals surface area contributed by atoms with E-state index in [1.54, 1.807) is 7.11 Å². The van der Waals surface area contributed by atoms with Crippen molar-refractivity contribution in [3.05, 3.63) is 30.7 Å². The molecule has 4 heterocycles. The fourth-order valence-electron chi connectivity index (χ4n) is 3.49. The third-order valence-electron chi connectivity index (χ3n) is 4.63. The molecule has 1 unspecified atom stereocenters. The van der Waals surface area contributed by atoms with Crippen molar-refractivity contribution in [3.8, 4) is 0 Å². The van der Waals surface area contributed by atoms with E-state index in [1.807, 2.05) is 24.7 Å². The van der Waals surface area contributed by atoms with E-state index in [0.29, 0.717) is 13.2 Å². The summed E-state index contributed by atoms with van der Waals surface area (Å²) in [5, 5.41) is 2.29. The Hall–Kier alpha value is -2.18. The van der Waals surface area contributed by atoms with Crippen LogP contribution >= 0.6 is 0 Å². The zero-order chi connectivity index (χ0) is 16.4. The van der Waals surface area contributed by atoms with Crippen molar-refractivity contribution in [2.24, 2.45) is 0 Å². The molecule has 6 heteroatoms. The maximum atomic E-state index is 5.96. The van der Waals surface area contributed by atoms with E-state index >= 15 is 0 Å². The number of nitrogens with one attached hydrogen (secondary N) is 1. The smallest absolute Gasteiger partial charge is 0.159 e. The average molecular weight is 326 g/mol. The first-order valence-electron chi connectivity index (χ1n) is 8.43. The molecule has 1 aliphatic rings. The van der Waals surface area contributed by atoms with Crippen molar-refractivity contribution in [2.45, 2.75) is 18.9 Å². The van der Waals surface area contributed by atoms with Crippen LogP contribution in [-0.2, 0) is 9.47 Å². The second-order valence-corrected chi connectivity index (χ2v) is 6.17. The molecule has 1 atom stereocenters. The summed E-state index contributed by atoms with van der Waals surface area (Å²) in [7, 11) is 1.70. The highest BCUT2D eigenvalue weighted by Crippen LogP contribution is 2.32. The normalized spacial score (nSPS) is 18.5. The van der Waals surface area contributed by atoms with Gasteiger partial charge in [0.25, 0.3) is 0 Å². The highest BCUT2D eigenvalue weighted by molar-refractivity contribution is 6.09. The minimum absolute atomic E-state index is 0.253. The number of ether oxygens (including phenoxy) is 2. The van der Waals surface area contributed by atoms with Crippen LogP contribution in [0.15, 0.2) is 30.7 Å². The van der Waals surface area contributed by atoms with Gasteiger partial charge in [-0.1, -0.05) is 0 Å². The highest BCUT2D eigenvalue weighted by atomic mass is 16.5. The maximum absolute atomic E-state index is 5.96. The summed E-state index contributed by atoms with van der Waals surface area (Å²) in [6.45, 7) is 3.24. The minimum Gasteiger partial charge on any atom is -0.382 e. The Balaban J connectivity index is 1.67. The largest absolute Gasteiger partial charge is 0.382 e. The molecule has 0 saturated carbocycles. The first kappa shape index (κ1) is 15.4. The van der Waals surface area contributed by atoms with Crippen molar-refractivity contribution in [1.82, 2.24) is 15.0 Å². The number of methoxy groups -OCH3 is 1. The quantitative estimate of drug-likeness (QED) is 0.731. The zero-order valence-electron chi connectivity index (χ0n) is 13.9. The molecule has 0 amide bonds. The molecule has 126 valence electrons. The predicted octanol–water partition coefficient (Wildman–Crippen LogP) is 2.74. The summed E-state index contributed by atoms with van der Waals surface area (Å²) in [5.41, 5.74) is 3.06. The minimum atomic E-state index is 0.253. The third-order valence-corrected chi connectivity index (χ3v) is 4.63. The first-order valence-corrected chi connectivity index (χ1v) is 8.43. The molecule has 1 aliphatic heterocycles.